The number of hydrogen-bond donors (Lipinski definition) is 2. The van der Waals surface area contributed by atoms with Crippen LogP contribution in [0.5, 0.6) is 5.75 Å². The minimum Gasteiger partial charge on any atom is -0.508 e. The molecule has 23 heavy (non-hydrogen) atoms. The molecule has 1 heterocycles. The van der Waals surface area contributed by atoms with Crippen molar-refractivity contribution in [1.82, 2.24) is 4.68 Å². The van der Waals surface area contributed by atoms with E-state index in [9.17, 15) is 9.90 Å². The Balaban J connectivity index is 2.13. The lowest BCUT2D eigenvalue weighted by molar-refractivity contribution is 0.101. The van der Waals surface area contributed by atoms with Crippen LogP contribution in [-0.4, -0.2) is 15.7 Å². The Morgan fingerprint density at radius 1 is 1.22 bits per heavy atom. The number of rotatable bonds is 2. The van der Waals surface area contributed by atoms with Crippen LogP contribution in [0.2, 0.25) is 5.02 Å². The summed E-state index contributed by atoms with van der Waals surface area (Å²) in [5.74, 6) is -0.279. The first-order chi connectivity index (χ1) is 11.0. The van der Waals surface area contributed by atoms with E-state index in [1.165, 1.54) is 4.68 Å². The molecule has 0 fully saturated rings. The second kappa shape index (κ2) is 6.02. The third-order valence-electron chi connectivity index (χ3n) is 3.54. The SMILES string of the molecule is Cc1cc(=S)n(NC(=O)c2ccccc2Cl)c2cc(O)ccc12. The molecule has 0 saturated heterocycles. The first-order valence-corrected chi connectivity index (χ1v) is 7.67. The Morgan fingerprint density at radius 3 is 2.70 bits per heavy atom. The molecule has 4 nitrogen and oxygen atoms in total. The molecule has 3 rings (SSSR count). The summed E-state index contributed by atoms with van der Waals surface area (Å²) in [5.41, 5.74) is 4.68. The van der Waals surface area contributed by atoms with Crippen LogP contribution in [0.15, 0.2) is 48.5 Å². The predicted octanol–water partition coefficient (Wildman–Crippen LogP) is 4.42. The molecule has 0 bridgehead atoms. The van der Waals surface area contributed by atoms with Crippen molar-refractivity contribution in [3.8, 4) is 5.75 Å². The highest BCUT2D eigenvalue weighted by Crippen LogP contribution is 2.23. The summed E-state index contributed by atoms with van der Waals surface area (Å²) >= 11 is 11.4. The molecule has 1 amide bonds. The molecule has 0 spiro atoms. The van der Waals surface area contributed by atoms with Crippen LogP contribution in [0, 0.1) is 11.6 Å². The third-order valence-corrected chi connectivity index (χ3v) is 4.17. The molecule has 2 N–H and O–H groups in total. The minimum absolute atomic E-state index is 0.0956. The van der Waals surface area contributed by atoms with Gasteiger partial charge in [-0.15, -0.1) is 0 Å². The first kappa shape index (κ1) is 15.5. The van der Waals surface area contributed by atoms with Gasteiger partial charge in [0.2, 0.25) is 0 Å². The molecule has 0 atom stereocenters. The summed E-state index contributed by atoms with van der Waals surface area (Å²) in [5, 5.41) is 11.0. The van der Waals surface area contributed by atoms with Crippen molar-refractivity contribution in [3.63, 3.8) is 0 Å². The molecule has 1 aromatic heterocycles. The molecular formula is C17H13ClN2O2S. The maximum absolute atomic E-state index is 12.5. The fraction of sp³-hybridized carbons (Fsp3) is 0.0588. The summed E-state index contributed by atoms with van der Waals surface area (Å²) in [6, 6.07) is 13.5. The van der Waals surface area contributed by atoms with Crippen LogP contribution in [0.1, 0.15) is 15.9 Å². The quantitative estimate of drug-likeness (QED) is 0.676. The van der Waals surface area contributed by atoms with Crippen molar-refractivity contribution in [3.05, 3.63) is 69.3 Å². The summed E-state index contributed by atoms with van der Waals surface area (Å²) < 4.78 is 1.91. The fourth-order valence-electron chi connectivity index (χ4n) is 2.41. The number of aromatic hydroxyl groups is 1. The van der Waals surface area contributed by atoms with E-state index in [0.717, 1.165) is 10.9 Å². The van der Waals surface area contributed by atoms with Crippen LogP contribution in [0.4, 0.5) is 0 Å². The normalized spacial score (nSPS) is 10.7. The topological polar surface area (TPSA) is 54.3 Å². The van der Waals surface area contributed by atoms with Crippen LogP contribution in [-0.2, 0) is 0 Å². The van der Waals surface area contributed by atoms with E-state index < -0.39 is 0 Å². The van der Waals surface area contributed by atoms with Gasteiger partial charge in [-0.25, -0.2) is 4.68 Å². The lowest BCUT2D eigenvalue weighted by atomic mass is 10.1. The van der Waals surface area contributed by atoms with Gasteiger partial charge in [0.15, 0.2) is 0 Å². The highest BCUT2D eigenvalue weighted by Gasteiger charge is 2.12. The zero-order valence-corrected chi connectivity index (χ0v) is 13.8. The number of pyridine rings is 1. The van der Waals surface area contributed by atoms with Gasteiger partial charge in [0.1, 0.15) is 10.4 Å². The van der Waals surface area contributed by atoms with Gasteiger partial charge < -0.3 is 5.11 Å². The maximum Gasteiger partial charge on any atom is 0.271 e. The van der Waals surface area contributed by atoms with Gasteiger partial charge in [-0.3, -0.25) is 10.2 Å². The highest BCUT2D eigenvalue weighted by molar-refractivity contribution is 7.71. The van der Waals surface area contributed by atoms with E-state index in [1.54, 1.807) is 48.5 Å². The Hall–Kier alpha value is -2.37. The molecule has 2 aromatic carbocycles. The number of nitrogens with zero attached hydrogens (tertiary/aromatic N) is 1. The number of aromatic nitrogens is 1. The van der Waals surface area contributed by atoms with Gasteiger partial charge in [0.05, 0.1) is 16.1 Å². The van der Waals surface area contributed by atoms with E-state index in [1.807, 2.05) is 6.92 Å². The van der Waals surface area contributed by atoms with Gasteiger partial charge in [0.25, 0.3) is 5.91 Å². The van der Waals surface area contributed by atoms with Crippen molar-refractivity contribution < 1.29 is 9.90 Å². The van der Waals surface area contributed by atoms with E-state index in [2.05, 4.69) is 5.43 Å². The van der Waals surface area contributed by atoms with Gasteiger partial charge >= 0.3 is 0 Å². The number of nitrogens with one attached hydrogen (secondary N) is 1. The Labute approximate surface area is 142 Å². The van der Waals surface area contributed by atoms with E-state index in [0.29, 0.717) is 20.7 Å². The molecule has 116 valence electrons. The number of amides is 1. The largest absolute Gasteiger partial charge is 0.508 e. The number of carbonyl (C=O) groups excluding carboxylic acids is 1. The van der Waals surface area contributed by atoms with Crippen LogP contribution >= 0.6 is 23.8 Å². The van der Waals surface area contributed by atoms with Crippen molar-refractivity contribution >= 4 is 40.6 Å². The van der Waals surface area contributed by atoms with Crippen LogP contribution in [0.3, 0.4) is 0 Å². The number of phenols is 1. The molecular weight excluding hydrogens is 332 g/mol. The van der Waals surface area contributed by atoms with E-state index in [-0.39, 0.29) is 11.7 Å². The Bertz CT molecular complexity index is 982. The van der Waals surface area contributed by atoms with Crippen molar-refractivity contribution in [2.75, 3.05) is 5.43 Å². The number of carbonyl (C=O) groups is 1. The monoisotopic (exact) mass is 344 g/mol. The number of phenolic OH excluding ortho intramolecular Hbond substituents is 1. The lowest BCUT2D eigenvalue weighted by Gasteiger charge is -2.15. The average molecular weight is 345 g/mol. The summed E-state index contributed by atoms with van der Waals surface area (Å²) in [7, 11) is 0. The molecule has 0 radical (unpaired) electrons. The van der Waals surface area contributed by atoms with Gasteiger partial charge in [-0.1, -0.05) is 36.0 Å². The number of halogens is 1. The fourth-order valence-corrected chi connectivity index (χ4v) is 2.95. The second-order valence-corrected chi connectivity index (χ2v) is 5.95. The van der Waals surface area contributed by atoms with Gasteiger partial charge in [-0.2, -0.15) is 0 Å². The number of hydrogen-bond acceptors (Lipinski definition) is 3. The molecule has 0 aliphatic heterocycles. The highest BCUT2D eigenvalue weighted by atomic mass is 35.5. The minimum atomic E-state index is -0.375. The lowest BCUT2D eigenvalue weighted by Crippen LogP contribution is -2.24. The summed E-state index contributed by atoms with van der Waals surface area (Å²) in [6.45, 7) is 1.93. The first-order valence-electron chi connectivity index (χ1n) is 6.88. The molecule has 0 saturated carbocycles. The van der Waals surface area contributed by atoms with Crippen LogP contribution in [0.25, 0.3) is 10.9 Å². The van der Waals surface area contributed by atoms with Crippen molar-refractivity contribution in [2.24, 2.45) is 0 Å². The predicted molar refractivity (Wildman–Crippen MR) is 94.3 cm³/mol. The Kier molecular flexibility index (Phi) is 4.07. The van der Waals surface area contributed by atoms with Crippen LogP contribution < -0.4 is 5.43 Å². The zero-order chi connectivity index (χ0) is 16.6. The number of benzene rings is 2. The van der Waals surface area contributed by atoms with Crippen molar-refractivity contribution in [2.45, 2.75) is 6.92 Å². The molecule has 3 aromatic rings. The van der Waals surface area contributed by atoms with E-state index >= 15 is 0 Å². The Morgan fingerprint density at radius 2 is 1.96 bits per heavy atom. The van der Waals surface area contributed by atoms with Gasteiger partial charge in [-0.05, 0) is 42.8 Å². The zero-order valence-electron chi connectivity index (χ0n) is 12.2. The number of aryl methyl sites for hydroxylation is 1. The molecule has 0 aliphatic rings. The molecule has 0 aliphatic carbocycles. The molecule has 0 unspecified atom stereocenters. The third kappa shape index (κ3) is 2.93. The average Bonchev–Trinajstić information content (AvgIpc) is 2.51. The number of fused-ring (bicyclic) bond motifs is 1. The maximum atomic E-state index is 12.5. The summed E-state index contributed by atoms with van der Waals surface area (Å²) in [4.78, 5) is 12.5. The van der Waals surface area contributed by atoms with Crippen molar-refractivity contribution in [1.29, 1.82) is 0 Å². The second-order valence-electron chi connectivity index (χ2n) is 5.12. The molecule has 6 heteroatoms. The summed E-state index contributed by atoms with van der Waals surface area (Å²) in [6.07, 6.45) is 0. The smallest absolute Gasteiger partial charge is 0.271 e. The van der Waals surface area contributed by atoms with Gasteiger partial charge in [0, 0.05) is 11.5 Å². The van der Waals surface area contributed by atoms with E-state index in [4.69, 9.17) is 23.8 Å². The standard InChI is InChI=1S/C17H13ClN2O2S/c1-10-8-16(23)20(15-9-11(21)6-7-12(10)15)19-17(22)13-4-2-3-5-14(13)18/h2-9,21H,1H3,(H,19,22).